The second-order valence-corrected chi connectivity index (χ2v) is 5.47. The molecule has 21 heavy (non-hydrogen) atoms. The average molecular weight is 350 g/mol. The summed E-state index contributed by atoms with van der Waals surface area (Å²) in [7, 11) is 1.58. The van der Waals surface area contributed by atoms with Crippen LogP contribution in [0.5, 0.6) is 5.75 Å². The Balaban J connectivity index is 2.15. The molecule has 0 spiro atoms. The molecule has 0 unspecified atom stereocenters. The van der Waals surface area contributed by atoms with E-state index in [0.29, 0.717) is 17.0 Å². The highest BCUT2D eigenvalue weighted by Gasteiger charge is 2.13. The molecule has 0 bridgehead atoms. The summed E-state index contributed by atoms with van der Waals surface area (Å²) in [6.07, 6.45) is 0. The zero-order valence-electron chi connectivity index (χ0n) is 11.9. The molecule has 2 rings (SSSR count). The lowest BCUT2D eigenvalue weighted by molar-refractivity contribution is 0.0469. The van der Waals surface area contributed by atoms with E-state index in [0.717, 1.165) is 15.6 Å². The molecule has 0 amide bonds. The highest BCUT2D eigenvalue weighted by atomic mass is 79.9. The van der Waals surface area contributed by atoms with Crippen molar-refractivity contribution in [3.8, 4) is 5.75 Å². The van der Waals surface area contributed by atoms with Crippen molar-refractivity contribution in [1.82, 2.24) is 0 Å². The second kappa shape index (κ2) is 6.63. The van der Waals surface area contributed by atoms with E-state index < -0.39 is 5.97 Å². The molecule has 0 aliphatic rings. The number of nitrogens with two attached hydrogens (primary N) is 1. The number of rotatable bonds is 4. The molecule has 2 N–H and O–H groups in total. The first-order valence-corrected chi connectivity index (χ1v) is 7.17. The van der Waals surface area contributed by atoms with Gasteiger partial charge in [0.1, 0.15) is 12.4 Å². The van der Waals surface area contributed by atoms with E-state index in [1.54, 1.807) is 32.2 Å². The molecule has 2 aromatic carbocycles. The number of methoxy groups -OCH3 is 1. The summed E-state index contributed by atoms with van der Waals surface area (Å²) in [5.74, 6) is 0.275. The molecule has 4 nitrogen and oxygen atoms in total. The van der Waals surface area contributed by atoms with E-state index in [1.165, 1.54) is 0 Å². The molecule has 0 fully saturated rings. The molecule has 0 radical (unpaired) electrons. The Hall–Kier alpha value is -2.01. The minimum atomic E-state index is -0.401. The Morgan fingerprint density at radius 2 is 2.05 bits per heavy atom. The maximum atomic E-state index is 12.1. The maximum absolute atomic E-state index is 12.1. The normalized spacial score (nSPS) is 10.2. The second-order valence-electron chi connectivity index (χ2n) is 4.55. The van der Waals surface area contributed by atoms with Crippen molar-refractivity contribution in [1.29, 1.82) is 0 Å². The third-order valence-corrected chi connectivity index (χ3v) is 3.69. The van der Waals surface area contributed by atoms with Gasteiger partial charge in [0.15, 0.2) is 0 Å². The van der Waals surface area contributed by atoms with Crippen LogP contribution in [0.25, 0.3) is 0 Å². The van der Waals surface area contributed by atoms with Crippen LogP contribution in [-0.2, 0) is 11.3 Å². The van der Waals surface area contributed by atoms with Gasteiger partial charge < -0.3 is 15.2 Å². The van der Waals surface area contributed by atoms with Crippen LogP contribution >= 0.6 is 15.9 Å². The van der Waals surface area contributed by atoms with Crippen LogP contribution in [0.2, 0.25) is 0 Å². The largest absolute Gasteiger partial charge is 0.496 e. The summed E-state index contributed by atoms with van der Waals surface area (Å²) >= 11 is 3.39. The smallest absolute Gasteiger partial charge is 0.338 e. The lowest BCUT2D eigenvalue weighted by Gasteiger charge is -2.11. The highest BCUT2D eigenvalue weighted by molar-refractivity contribution is 9.10. The molecule has 0 aliphatic carbocycles. The molecule has 0 aromatic heterocycles. The molecule has 110 valence electrons. The Kier molecular flexibility index (Phi) is 4.85. The highest BCUT2D eigenvalue weighted by Crippen LogP contribution is 2.24. The molecular formula is C16H16BrNO3. The zero-order chi connectivity index (χ0) is 15.4. The van der Waals surface area contributed by atoms with Gasteiger partial charge in [-0.05, 0) is 42.8 Å². The number of esters is 1. The van der Waals surface area contributed by atoms with Crippen molar-refractivity contribution in [2.24, 2.45) is 0 Å². The monoisotopic (exact) mass is 349 g/mol. The molecular weight excluding hydrogens is 334 g/mol. The Labute approximate surface area is 132 Å². The minimum Gasteiger partial charge on any atom is -0.496 e. The van der Waals surface area contributed by atoms with Crippen LogP contribution in [0.3, 0.4) is 0 Å². The van der Waals surface area contributed by atoms with Gasteiger partial charge in [0, 0.05) is 15.7 Å². The van der Waals surface area contributed by atoms with Gasteiger partial charge in [-0.2, -0.15) is 0 Å². The first-order chi connectivity index (χ1) is 10.0. The van der Waals surface area contributed by atoms with Gasteiger partial charge in [0.2, 0.25) is 0 Å². The van der Waals surface area contributed by atoms with Crippen molar-refractivity contribution in [2.45, 2.75) is 13.5 Å². The standard InChI is InChI=1S/C16H16BrNO3/c1-10-13(4-3-5-14(10)18)16(19)21-9-11-8-12(17)6-7-15(11)20-2/h3-8H,9,18H2,1-2H3. The van der Waals surface area contributed by atoms with Crippen LogP contribution in [0.15, 0.2) is 40.9 Å². The van der Waals surface area contributed by atoms with Gasteiger partial charge >= 0.3 is 5.97 Å². The minimum absolute atomic E-state index is 0.135. The van der Waals surface area contributed by atoms with Crippen molar-refractivity contribution in [2.75, 3.05) is 12.8 Å². The van der Waals surface area contributed by atoms with Crippen molar-refractivity contribution >= 4 is 27.6 Å². The lowest BCUT2D eigenvalue weighted by Crippen LogP contribution is -2.09. The molecule has 0 aliphatic heterocycles. The number of halogens is 1. The number of hydrogen-bond donors (Lipinski definition) is 1. The van der Waals surface area contributed by atoms with E-state index in [2.05, 4.69) is 15.9 Å². The van der Waals surface area contributed by atoms with E-state index in [9.17, 15) is 4.79 Å². The number of carbonyl (C=O) groups is 1. The number of nitrogen functional groups attached to an aromatic ring is 1. The maximum Gasteiger partial charge on any atom is 0.338 e. The SMILES string of the molecule is COc1ccc(Br)cc1COC(=O)c1cccc(N)c1C. The third kappa shape index (κ3) is 3.55. The van der Waals surface area contributed by atoms with Gasteiger partial charge in [-0.15, -0.1) is 0 Å². The Morgan fingerprint density at radius 3 is 2.76 bits per heavy atom. The Bertz CT molecular complexity index is 671. The summed E-state index contributed by atoms with van der Waals surface area (Å²) < 4.78 is 11.5. The van der Waals surface area contributed by atoms with Crippen LogP contribution in [0.4, 0.5) is 5.69 Å². The molecule has 0 saturated carbocycles. The zero-order valence-corrected chi connectivity index (χ0v) is 13.4. The van der Waals surface area contributed by atoms with Crippen LogP contribution in [-0.4, -0.2) is 13.1 Å². The first kappa shape index (κ1) is 15.4. The fraction of sp³-hybridized carbons (Fsp3) is 0.188. The van der Waals surface area contributed by atoms with E-state index in [-0.39, 0.29) is 6.61 Å². The fourth-order valence-electron chi connectivity index (χ4n) is 1.96. The summed E-state index contributed by atoms with van der Waals surface area (Å²) in [6, 6.07) is 10.7. The van der Waals surface area contributed by atoms with Crippen LogP contribution in [0.1, 0.15) is 21.5 Å². The number of anilines is 1. The lowest BCUT2D eigenvalue weighted by atomic mass is 10.1. The number of ether oxygens (including phenoxy) is 2. The average Bonchev–Trinajstić information content (AvgIpc) is 2.47. The predicted molar refractivity (Wildman–Crippen MR) is 85.4 cm³/mol. The van der Waals surface area contributed by atoms with Crippen molar-refractivity contribution in [3.63, 3.8) is 0 Å². The topological polar surface area (TPSA) is 61.5 Å². The molecule has 0 saturated heterocycles. The first-order valence-electron chi connectivity index (χ1n) is 6.37. The Morgan fingerprint density at radius 1 is 1.29 bits per heavy atom. The molecule has 0 heterocycles. The van der Waals surface area contributed by atoms with Gasteiger partial charge in [-0.25, -0.2) is 4.79 Å². The number of benzene rings is 2. The predicted octanol–water partition coefficient (Wildman–Crippen LogP) is 3.71. The quantitative estimate of drug-likeness (QED) is 0.675. The summed E-state index contributed by atoms with van der Waals surface area (Å²) in [5, 5.41) is 0. The van der Waals surface area contributed by atoms with Gasteiger partial charge in [-0.1, -0.05) is 22.0 Å². The third-order valence-electron chi connectivity index (χ3n) is 3.20. The molecule has 0 atom stereocenters. The number of carbonyl (C=O) groups excluding carboxylic acids is 1. The van der Waals surface area contributed by atoms with Crippen molar-refractivity contribution < 1.29 is 14.3 Å². The molecule has 5 heteroatoms. The van der Waals surface area contributed by atoms with Crippen molar-refractivity contribution in [3.05, 3.63) is 57.6 Å². The van der Waals surface area contributed by atoms with E-state index in [1.807, 2.05) is 18.2 Å². The van der Waals surface area contributed by atoms with Crippen LogP contribution in [0, 0.1) is 6.92 Å². The summed E-state index contributed by atoms with van der Waals surface area (Å²) in [6.45, 7) is 1.93. The van der Waals surface area contributed by atoms with Gasteiger partial charge in [-0.3, -0.25) is 0 Å². The fourth-order valence-corrected chi connectivity index (χ4v) is 2.36. The van der Waals surface area contributed by atoms with Gasteiger partial charge in [0.25, 0.3) is 0 Å². The molecule has 2 aromatic rings. The number of hydrogen-bond acceptors (Lipinski definition) is 4. The summed E-state index contributed by atoms with van der Waals surface area (Å²) in [5.41, 5.74) is 8.37. The van der Waals surface area contributed by atoms with Gasteiger partial charge in [0.05, 0.1) is 12.7 Å². The van der Waals surface area contributed by atoms with E-state index >= 15 is 0 Å². The van der Waals surface area contributed by atoms with E-state index in [4.69, 9.17) is 15.2 Å². The van der Waals surface area contributed by atoms with Crippen LogP contribution < -0.4 is 10.5 Å². The summed E-state index contributed by atoms with van der Waals surface area (Å²) in [4.78, 5) is 12.1.